The number of rotatable bonds is 10. The summed E-state index contributed by atoms with van der Waals surface area (Å²) < 4.78 is 0. The summed E-state index contributed by atoms with van der Waals surface area (Å²) in [6.07, 6.45) is 3.43. The summed E-state index contributed by atoms with van der Waals surface area (Å²) in [6, 6.07) is 143. The fraction of sp³-hybridized carbons (Fsp3) is 0. The molecule has 0 radical (unpaired) electrons. The van der Waals surface area contributed by atoms with E-state index in [2.05, 4.69) is 343 Å². The van der Waals surface area contributed by atoms with Crippen molar-refractivity contribution >= 4 is 97.0 Å². The minimum absolute atomic E-state index is 0.669. The van der Waals surface area contributed by atoms with Crippen LogP contribution in [-0.2, 0) is 0 Å². The molecule has 532 valence electrons. The van der Waals surface area contributed by atoms with Crippen LogP contribution in [0.1, 0.15) is 0 Å². The van der Waals surface area contributed by atoms with E-state index in [0.29, 0.717) is 17.5 Å². The molecule has 0 bridgehead atoms. The predicted molar refractivity (Wildman–Crippen MR) is 476 cm³/mol. The summed E-state index contributed by atoms with van der Waals surface area (Å²) in [5.74, 6) is 2.80. The Kier molecular flexibility index (Phi) is 17.9. The summed E-state index contributed by atoms with van der Waals surface area (Å²) in [5, 5.41) is 23.0. The van der Waals surface area contributed by atoms with E-state index in [1.165, 1.54) is 114 Å². The monoisotopic (exact) mass is 1450 g/mol. The first-order chi connectivity index (χ1) is 56.5. The van der Waals surface area contributed by atoms with Gasteiger partial charge in [-0.3, -0.25) is 0 Å². The van der Waals surface area contributed by atoms with Crippen LogP contribution < -0.4 is 0 Å². The first-order valence-corrected chi connectivity index (χ1v) is 38.5. The van der Waals surface area contributed by atoms with Crippen LogP contribution in [0.25, 0.3) is 210 Å². The van der Waals surface area contributed by atoms with E-state index < -0.39 is 0 Å². The van der Waals surface area contributed by atoms with Gasteiger partial charge in [0.25, 0.3) is 0 Å². The molecule has 22 rings (SSSR count). The molecule has 0 saturated heterocycles. The van der Waals surface area contributed by atoms with Crippen LogP contribution in [0.4, 0.5) is 0 Å². The van der Waals surface area contributed by atoms with Gasteiger partial charge in [-0.05, 0) is 173 Å². The van der Waals surface area contributed by atoms with Crippen LogP contribution in [0.15, 0.2) is 419 Å². The molecule has 3 aromatic heterocycles. The molecule has 0 amide bonds. The van der Waals surface area contributed by atoms with E-state index in [-0.39, 0.29) is 0 Å². The van der Waals surface area contributed by atoms with Crippen LogP contribution in [-0.4, -0.2) is 34.9 Å². The maximum atomic E-state index is 5.13. The Morgan fingerprint density at radius 3 is 0.833 bits per heavy atom. The van der Waals surface area contributed by atoms with Gasteiger partial charge in [-0.25, -0.2) is 34.9 Å². The molecule has 3 heterocycles. The molecule has 0 spiro atoms. The zero-order valence-electron chi connectivity index (χ0n) is 62.0. The number of hydrogen-bond acceptors (Lipinski definition) is 7. The molecular weight excluding hydrogens is 1380 g/mol. The van der Waals surface area contributed by atoms with Crippen LogP contribution >= 0.6 is 0 Å². The molecule has 0 atom stereocenters. The number of benzene rings is 19. The normalized spacial score (nSPS) is 11.3. The lowest BCUT2D eigenvalue weighted by Crippen LogP contribution is -1.97. The van der Waals surface area contributed by atoms with Crippen molar-refractivity contribution in [1.29, 1.82) is 0 Å². The Morgan fingerprint density at radius 2 is 0.412 bits per heavy atom. The maximum Gasteiger partial charge on any atom is 0.163 e. The fourth-order valence-corrected chi connectivity index (χ4v) is 16.4. The highest BCUT2D eigenvalue weighted by Gasteiger charge is 2.19. The van der Waals surface area contributed by atoms with Crippen molar-refractivity contribution in [3.05, 3.63) is 419 Å². The van der Waals surface area contributed by atoms with Crippen molar-refractivity contribution in [3.63, 3.8) is 0 Å². The summed E-state index contributed by atoms with van der Waals surface area (Å²) in [5.41, 5.74) is 16.9. The van der Waals surface area contributed by atoms with E-state index in [0.717, 1.165) is 78.5 Å². The summed E-state index contributed by atoms with van der Waals surface area (Å²) in [6.45, 7) is 0. The smallest absolute Gasteiger partial charge is 0.163 e. The van der Waals surface area contributed by atoms with E-state index in [4.69, 9.17) is 19.9 Å². The SMILES string of the molecule is c1ccc(-c2cc(-c3ccccc3)nc(-c3ccccc3-c3ccc4c5ccccc5c5ccccc5c4c3)n2)cc1.c1ccc(-c2nccc(-c3cccc(-c4ccc5c6ccccc6c6ccccc6c5c4)c3)n2)cc1.c1ccc(-c2ncnc(-c3cccc(-c4ccc5c6ccccc6c6ccccc6c5c4)c3)n2)cc1. The molecule has 7 nitrogen and oxygen atoms in total. The third kappa shape index (κ3) is 13.0. The second-order valence-corrected chi connectivity index (χ2v) is 28.6. The molecule has 0 unspecified atom stereocenters. The second kappa shape index (κ2) is 29.9. The van der Waals surface area contributed by atoms with Gasteiger partial charge in [0, 0.05) is 45.1 Å². The molecule has 0 aliphatic heterocycles. The van der Waals surface area contributed by atoms with Crippen LogP contribution in [0, 0.1) is 0 Å². The first kappa shape index (κ1) is 68.0. The van der Waals surface area contributed by atoms with Gasteiger partial charge in [-0.15, -0.1) is 0 Å². The van der Waals surface area contributed by atoms with Gasteiger partial charge >= 0.3 is 0 Å². The summed E-state index contributed by atoms with van der Waals surface area (Å²) >= 11 is 0. The Morgan fingerprint density at radius 1 is 0.132 bits per heavy atom. The van der Waals surface area contributed by atoms with Crippen molar-refractivity contribution in [2.75, 3.05) is 0 Å². The first-order valence-electron chi connectivity index (χ1n) is 38.5. The highest BCUT2D eigenvalue weighted by molar-refractivity contribution is 6.28. The molecule has 22 aromatic rings. The second-order valence-electron chi connectivity index (χ2n) is 28.6. The van der Waals surface area contributed by atoms with Gasteiger partial charge in [0.1, 0.15) is 6.33 Å². The van der Waals surface area contributed by atoms with Gasteiger partial charge < -0.3 is 0 Å². The van der Waals surface area contributed by atoms with E-state index in [1.807, 2.05) is 85.1 Å². The van der Waals surface area contributed by atoms with E-state index in [9.17, 15) is 0 Å². The number of aromatic nitrogens is 7. The summed E-state index contributed by atoms with van der Waals surface area (Å²) in [4.78, 5) is 33.2. The molecule has 114 heavy (non-hydrogen) atoms. The molecule has 19 aromatic carbocycles. The Hall–Kier alpha value is -15.3. The Labute approximate surface area is 659 Å². The maximum absolute atomic E-state index is 5.13. The highest BCUT2D eigenvalue weighted by atomic mass is 15.0. The van der Waals surface area contributed by atoms with Crippen molar-refractivity contribution < 1.29 is 0 Å². The van der Waals surface area contributed by atoms with Crippen molar-refractivity contribution in [1.82, 2.24) is 34.9 Å². The standard InChI is InChI=1S/C40H26N2.C34H22N2.C33H21N3/c1-3-13-27(14-4-1)38-26-39(28-15-5-2-6-16-28)42-40(41-38)36-22-12-7-17-30(36)29-23-24-35-33-20-9-8-18-31(33)32-19-10-11-21-34(32)37(35)25-29;1-2-9-23(10-3-1)34-35-20-19-33(36-34)26-12-8-11-24(21-26)25-17-18-31-29-15-5-4-13-27(29)28-14-6-7-16-30(28)32(31)22-25;1-2-9-22(10-3-1)32-34-21-35-33(36-32)25-12-8-11-23(19-25)24-17-18-30-28-15-5-4-13-26(28)27-14-6-7-16-29(27)31(30)20-24/h1-26H;1-22H;1-21H. The highest BCUT2D eigenvalue weighted by Crippen LogP contribution is 2.43. The number of fused-ring (bicyclic) bond motifs is 18. The van der Waals surface area contributed by atoms with Crippen molar-refractivity contribution in [2.45, 2.75) is 0 Å². The van der Waals surface area contributed by atoms with Crippen LogP contribution in [0.2, 0.25) is 0 Å². The average Bonchev–Trinajstić information content (AvgIpc) is 0.750. The predicted octanol–water partition coefficient (Wildman–Crippen LogP) is 27.9. The third-order valence-electron chi connectivity index (χ3n) is 21.8. The molecule has 0 aliphatic rings. The average molecular weight is 1450 g/mol. The van der Waals surface area contributed by atoms with Crippen LogP contribution in [0.5, 0.6) is 0 Å². The molecule has 0 saturated carbocycles. The minimum atomic E-state index is 0.669. The van der Waals surface area contributed by atoms with Gasteiger partial charge in [0.05, 0.1) is 17.1 Å². The quantitative estimate of drug-likeness (QED) is 0.126. The van der Waals surface area contributed by atoms with E-state index in [1.54, 1.807) is 6.33 Å². The fourth-order valence-electron chi connectivity index (χ4n) is 16.4. The molecule has 7 heteroatoms. The lowest BCUT2D eigenvalue weighted by atomic mass is 9.91. The number of hydrogen-bond donors (Lipinski definition) is 0. The van der Waals surface area contributed by atoms with Crippen molar-refractivity contribution in [3.8, 4) is 113 Å². The largest absolute Gasteiger partial charge is 0.237 e. The van der Waals surface area contributed by atoms with E-state index >= 15 is 0 Å². The Bertz CT molecular complexity index is 6970. The van der Waals surface area contributed by atoms with Gasteiger partial charge in [-0.2, -0.15) is 0 Å². The zero-order chi connectivity index (χ0) is 75.7. The lowest BCUT2D eigenvalue weighted by Gasteiger charge is -2.15. The van der Waals surface area contributed by atoms with Gasteiger partial charge in [-0.1, -0.05) is 364 Å². The minimum Gasteiger partial charge on any atom is -0.237 e. The molecule has 0 N–H and O–H groups in total. The lowest BCUT2D eigenvalue weighted by molar-refractivity contribution is 1.07. The summed E-state index contributed by atoms with van der Waals surface area (Å²) in [7, 11) is 0. The van der Waals surface area contributed by atoms with Crippen molar-refractivity contribution in [2.24, 2.45) is 0 Å². The topological polar surface area (TPSA) is 90.2 Å². The number of nitrogens with zero attached hydrogens (tertiary/aromatic N) is 7. The van der Waals surface area contributed by atoms with Gasteiger partial charge in [0.15, 0.2) is 23.3 Å². The van der Waals surface area contributed by atoms with Gasteiger partial charge in [0.2, 0.25) is 0 Å². The molecule has 0 fully saturated rings. The third-order valence-corrected chi connectivity index (χ3v) is 21.8. The molecule has 0 aliphatic carbocycles. The Balaban J connectivity index is 0.000000111. The zero-order valence-corrected chi connectivity index (χ0v) is 62.0. The molecular formula is C107H69N7. The van der Waals surface area contributed by atoms with Crippen LogP contribution in [0.3, 0.4) is 0 Å².